The zero-order chi connectivity index (χ0) is 20.1. The molecule has 0 unspecified atom stereocenters. The molecule has 0 atom stereocenters. The van der Waals surface area contributed by atoms with Crippen molar-refractivity contribution in [1.29, 1.82) is 0 Å². The van der Waals surface area contributed by atoms with Gasteiger partial charge in [-0.15, -0.1) is 10.2 Å². The van der Waals surface area contributed by atoms with Crippen molar-refractivity contribution in [1.82, 2.24) is 14.8 Å². The zero-order valence-corrected chi connectivity index (χ0v) is 17.0. The summed E-state index contributed by atoms with van der Waals surface area (Å²) in [6.45, 7) is 1.96. The third-order valence-corrected chi connectivity index (χ3v) is 5.16. The summed E-state index contributed by atoms with van der Waals surface area (Å²) >= 11 is 1.32. The smallest absolute Gasteiger partial charge is 0.234 e. The molecule has 0 radical (unpaired) electrons. The predicted molar refractivity (Wildman–Crippen MR) is 110 cm³/mol. The second-order valence-corrected chi connectivity index (χ2v) is 7.05. The number of amides is 1. The Bertz CT molecular complexity index is 987. The molecule has 1 heterocycles. The first-order valence-corrected chi connectivity index (χ1v) is 9.62. The number of para-hydroxylation sites is 1. The number of nitrogens with zero attached hydrogens (tertiary/aromatic N) is 3. The molecule has 3 aromatic rings. The zero-order valence-electron chi connectivity index (χ0n) is 16.2. The first-order valence-electron chi connectivity index (χ1n) is 8.63. The monoisotopic (exact) mass is 398 g/mol. The normalized spacial score (nSPS) is 10.6. The number of carbonyl (C=O) groups is 1. The lowest BCUT2D eigenvalue weighted by Crippen LogP contribution is -2.15. The van der Waals surface area contributed by atoms with Crippen molar-refractivity contribution in [3.63, 3.8) is 0 Å². The minimum atomic E-state index is -0.143. The van der Waals surface area contributed by atoms with Gasteiger partial charge in [-0.05, 0) is 36.8 Å². The summed E-state index contributed by atoms with van der Waals surface area (Å²) in [7, 11) is 5.06. The summed E-state index contributed by atoms with van der Waals surface area (Å²) in [6, 6.07) is 13.3. The van der Waals surface area contributed by atoms with Crippen LogP contribution in [-0.4, -0.2) is 40.6 Å². The van der Waals surface area contributed by atoms with E-state index in [1.54, 1.807) is 14.2 Å². The molecule has 0 saturated heterocycles. The van der Waals surface area contributed by atoms with E-state index in [-0.39, 0.29) is 11.7 Å². The molecule has 0 fully saturated rings. The molecule has 3 rings (SSSR count). The molecule has 7 nitrogen and oxygen atoms in total. The van der Waals surface area contributed by atoms with Crippen LogP contribution in [0.4, 0.5) is 5.69 Å². The van der Waals surface area contributed by atoms with Gasteiger partial charge in [-0.1, -0.05) is 30.0 Å². The molecule has 0 aliphatic heterocycles. The lowest BCUT2D eigenvalue weighted by atomic mass is 10.2. The number of hydrogen-bond acceptors (Lipinski definition) is 6. The van der Waals surface area contributed by atoms with Crippen molar-refractivity contribution in [2.75, 3.05) is 25.3 Å². The van der Waals surface area contributed by atoms with Gasteiger partial charge < -0.3 is 19.4 Å². The second kappa shape index (κ2) is 8.79. The fourth-order valence-electron chi connectivity index (χ4n) is 2.74. The quantitative estimate of drug-likeness (QED) is 0.614. The van der Waals surface area contributed by atoms with Gasteiger partial charge in [-0.2, -0.15) is 0 Å². The highest BCUT2D eigenvalue weighted by molar-refractivity contribution is 7.99. The maximum atomic E-state index is 12.4. The molecule has 0 spiro atoms. The highest BCUT2D eigenvalue weighted by atomic mass is 32.2. The minimum absolute atomic E-state index is 0.143. The van der Waals surface area contributed by atoms with Crippen molar-refractivity contribution >= 4 is 23.4 Å². The Kier molecular flexibility index (Phi) is 6.20. The van der Waals surface area contributed by atoms with Gasteiger partial charge in [-0.3, -0.25) is 4.79 Å². The van der Waals surface area contributed by atoms with Crippen LogP contribution >= 0.6 is 11.8 Å². The number of nitrogens with one attached hydrogen (secondary N) is 1. The third-order valence-electron chi connectivity index (χ3n) is 4.14. The number of benzene rings is 2. The number of carbonyl (C=O) groups excluding carboxylic acids is 1. The van der Waals surface area contributed by atoms with Gasteiger partial charge in [0.15, 0.2) is 11.0 Å². The van der Waals surface area contributed by atoms with E-state index in [1.165, 1.54) is 11.8 Å². The van der Waals surface area contributed by atoms with Crippen molar-refractivity contribution in [2.45, 2.75) is 12.1 Å². The summed E-state index contributed by atoms with van der Waals surface area (Å²) in [6.07, 6.45) is 0. The maximum absolute atomic E-state index is 12.4. The molecule has 2 aromatic carbocycles. The molecule has 0 saturated carbocycles. The first-order chi connectivity index (χ1) is 13.5. The van der Waals surface area contributed by atoms with Crippen molar-refractivity contribution < 1.29 is 14.3 Å². The van der Waals surface area contributed by atoms with E-state index in [0.29, 0.717) is 22.4 Å². The van der Waals surface area contributed by atoms with Crippen LogP contribution in [0.15, 0.2) is 47.6 Å². The van der Waals surface area contributed by atoms with Crippen LogP contribution in [0, 0.1) is 6.92 Å². The van der Waals surface area contributed by atoms with Crippen molar-refractivity contribution in [2.24, 2.45) is 7.05 Å². The predicted octanol–water partition coefficient (Wildman–Crippen LogP) is 3.54. The largest absolute Gasteiger partial charge is 0.496 e. The highest BCUT2D eigenvalue weighted by Gasteiger charge is 2.16. The lowest BCUT2D eigenvalue weighted by Gasteiger charge is -2.11. The number of hydrogen-bond donors (Lipinski definition) is 1. The summed E-state index contributed by atoms with van der Waals surface area (Å²) in [5, 5.41) is 12.0. The number of methoxy groups -OCH3 is 2. The summed E-state index contributed by atoms with van der Waals surface area (Å²) in [5.74, 6) is 2.09. The van der Waals surface area contributed by atoms with E-state index in [2.05, 4.69) is 15.5 Å². The number of ether oxygens (including phenoxy) is 2. The van der Waals surface area contributed by atoms with Gasteiger partial charge in [0.1, 0.15) is 11.5 Å². The molecular formula is C20H22N4O3S. The third kappa shape index (κ3) is 4.28. The average molecular weight is 398 g/mol. The van der Waals surface area contributed by atoms with Crippen LogP contribution in [0.1, 0.15) is 5.56 Å². The fraction of sp³-hybridized carbons (Fsp3) is 0.250. The number of thioether (sulfide) groups is 1. The van der Waals surface area contributed by atoms with Gasteiger partial charge in [0, 0.05) is 7.05 Å². The number of aromatic nitrogens is 3. The Morgan fingerprint density at radius 2 is 1.86 bits per heavy atom. The standard InChI is InChI=1S/C20H22N4O3S/c1-13-9-10-17(27-4)15(11-13)21-18(25)12-28-20-23-22-19(24(20)2)14-7-5-6-8-16(14)26-3/h5-11H,12H2,1-4H3,(H,21,25). The molecule has 1 aromatic heterocycles. The molecule has 0 aliphatic carbocycles. The summed E-state index contributed by atoms with van der Waals surface area (Å²) < 4.78 is 12.5. The minimum Gasteiger partial charge on any atom is -0.496 e. The van der Waals surface area contributed by atoms with E-state index >= 15 is 0 Å². The molecule has 146 valence electrons. The van der Waals surface area contributed by atoms with Crippen LogP contribution < -0.4 is 14.8 Å². The molecule has 0 aliphatic rings. The number of aryl methyl sites for hydroxylation is 1. The van der Waals surface area contributed by atoms with Crippen LogP contribution in [-0.2, 0) is 11.8 Å². The Labute approximate surface area is 168 Å². The molecule has 8 heteroatoms. The van der Waals surface area contributed by atoms with E-state index in [0.717, 1.165) is 16.9 Å². The first kappa shape index (κ1) is 19.8. The Balaban J connectivity index is 1.70. The Morgan fingerprint density at radius 1 is 1.11 bits per heavy atom. The van der Waals surface area contributed by atoms with Gasteiger partial charge >= 0.3 is 0 Å². The number of rotatable bonds is 7. The average Bonchev–Trinajstić information content (AvgIpc) is 3.06. The van der Waals surface area contributed by atoms with Crippen molar-refractivity contribution in [3.8, 4) is 22.9 Å². The summed E-state index contributed by atoms with van der Waals surface area (Å²) in [5.41, 5.74) is 2.54. The van der Waals surface area contributed by atoms with Crippen LogP contribution in [0.3, 0.4) is 0 Å². The second-order valence-electron chi connectivity index (χ2n) is 6.11. The molecular weight excluding hydrogens is 376 g/mol. The molecule has 1 amide bonds. The Morgan fingerprint density at radius 3 is 2.61 bits per heavy atom. The SMILES string of the molecule is COc1ccc(C)cc1NC(=O)CSc1nnc(-c2ccccc2OC)n1C. The van der Waals surface area contributed by atoms with E-state index < -0.39 is 0 Å². The molecule has 28 heavy (non-hydrogen) atoms. The topological polar surface area (TPSA) is 78.3 Å². The van der Waals surface area contributed by atoms with Gasteiger partial charge in [0.25, 0.3) is 0 Å². The number of anilines is 1. The van der Waals surface area contributed by atoms with Crippen LogP contribution in [0.25, 0.3) is 11.4 Å². The molecule has 1 N–H and O–H groups in total. The lowest BCUT2D eigenvalue weighted by molar-refractivity contribution is -0.113. The van der Waals surface area contributed by atoms with Gasteiger partial charge in [0.2, 0.25) is 5.91 Å². The van der Waals surface area contributed by atoms with Gasteiger partial charge in [-0.25, -0.2) is 0 Å². The van der Waals surface area contributed by atoms with Crippen LogP contribution in [0.5, 0.6) is 11.5 Å². The maximum Gasteiger partial charge on any atom is 0.234 e. The van der Waals surface area contributed by atoms with E-state index in [9.17, 15) is 4.79 Å². The van der Waals surface area contributed by atoms with Crippen molar-refractivity contribution in [3.05, 3.63) is 48.0 Å². The van der Waals surface area contributed by atoms with Crippen LogP contribution in [0.2, 0.25) is 0 Å². The highest BCUT2D eigenvalue weighted by Crippen LogP contribution is 2.30. The van der Waals surface area contributed by atoms with E-state index in [1.807, 2.05) is 61.0 Å². The fourth-order valence-corrected chi connectivity index (χ4v) is 3.45. The van der Waals surface area contributed by atoms with Gasteiger partial charge in [0.05, 0.1) is 31.2 Å². The summed E-state index contributed by atoms with van der Waals surface area (Å²) in [4.78, 5) is 12.4. The van der Waals surface area contributed by atoms with E-state index in [4.69, 9.17) is 9.47 Å². The molecule has 0 bridgehead atoms. The Hall–Kier alpha value is -3.00.